The van der Waals surface area contributed by atoms with Crippen LogP contribution in [0.3, 0.4) is 0 Å². The van der Waals surface area contributed by atoms with Gasteiger partial charge in [0.05, 0.1) is 17.3 Å². The van der Waals surface area contributed by atoms with Crippen LogP contribution in [0.1, 0.15) is 18.9 Å². The molecule has 0 spiro atoms. The zero-order valence-electron chi connectivity index (χ0n) is 8.66. The highest BCUT2D eigenvalue weighted by Gasteiger charge is 2.09. The minimum Gasteiger partial charge on any atom is -0.469 e. The first-order valence-corrected chi connectivity index (χ1v) is 7.25. The van der Waals surface area contributed by atoms with Crippen LogP contribution in [0.4, 0.5) is 0 Å². The molecule has 1 heterocycles. The number of methoxy groups -OCH3 is 1. The number of ether oxygens (including phenoxy) is 1. The first-order valence-electron chi connectivity index (χ1n) is 4.53. The van der Waals surface area contributed by atoms with Crippen LogP contribution in [0.2, 0.25) is 0 Å². The molecule has 2 nitrogen and oxygen atoms in total. The van der Waals surface area contributed by atoms with Crippen molar-refractivity contribution in [3.63, 3.8) is 0 Å². The Morgan fingerprint density at radius 1 is 1.73 bits per heavy atom. The van der Waals surface area contributed by atoms with Gasteiger partial charge >= 0.3 is 5.97 Å². The minimum absolute atomic E-state index is 0.138. The number of rotatable bonds is 5. The van der Waals surface area contributed by atoms with Gasteiger partial charge in [-0.15, -0.1) is 11.3 Å². The summed E-state index contributed by atoms with van der Waals surface area (Å²) >= 11 is 6.88. The Labute approximate surface area is 107 Å². The summed E-state index contributed by atoms with van der Waals surface area (Å²) < 4.78 is 5.77. The van der Waals surface area contributed by atoms with E-state index >= 15 is 0 Å². The Bertz CT molecular complexity index is 325. The smallest absolute Gasteiger partial charge is 0.306 e. The molecule has 0 aliphatic carbocycles. The summed E-state index contributed by atoms with van der Waals surface area (Å²) in [4.78, 5) is 11.0. The Morgan fingerprint density at radius 3 is 3.00 bits per heavy atom. The molecule has 0 bridgehead atoms. The Hall–Kier alpha value is -0.000000000000000111. The fourth-order valence-corrected chi connectivity index (χ4v) is 3.25. The number of thiophene rings is 1. The molecule has 0 aromatic carbocycles. The predicted molar refractivity (Wildman–Crippen MR) is 69.4 cm³/mol. The third-order valence-electron chi connectivity index (χ3n) is 1.84. The summed E-state index contributed by atoms with van der Waals surface area (Å²) in [7, 11) is 1.43. The molecular weight excluding hydrogens is 296 g/mol. The molecule has 15 heavy (non-hydrogen) atoms. The summed E-state index contributed by atoms with van der Waals surface area (Å²) in [6.07, 6.45) is 0.479. The minimum atomic E-state index is -0.138. The molecule has 0 aliphatic heterocycles. The van der Waals surface area contributed by atoms with Crippen molar-refractivity contribution in [3.8, 4) is 0 Å². The van der Waals surface area contributed by atoms with Gasteiger partial charge in [0.25, 0.3) is 0 Å². The van der Waals surface area contributed by atoms with E-state index < -0.39 is 0 Å². The number of carbonyl (C=O) groups is 1. The molecule has 0 aliphatic rings. The second-order valence-electron chi connectivity index (χ2n) is 3.16. The van der Waals surface area contributed by atoms with Crippen LogP contribution in [0.25, 0.3) is 0 Å². The topological polar surface area (TPSA) is 26.3 Å². The number of halogens is 1. The van der Waals surface area contributed by atoms with Crippen molar-refractivity contribution < 1.29 is 9.53 Å². The van der Waals surface area contributed by atoms with E-state index in [1.54, 1.807) is 23.1 Å². The highest BCUT2D eigenvalue weighted by molar-refractivity contribution is 9.11. The van der Waals surface area contributed by atoms with Crippen LogP contribution in [-0.2, 0) is 15.3 Å². The normalized spacial score (nSPS) is 12.5. The van der Waals surface area contributed by atoms with Crippen LogP contribution in [0.5, 0.6) is 0 Å². The third-order valence-corrected chi connectivity index (χ3v) is 4.63. The average Bonchev–Trinajstić information content (AvgIpc) is 2.61. The molecule has 0 N–H and O–H groups in total. The van der Waals surface area contributed by atoms with Gasteiger partial charge in [0.1, 0.15) is 0 Å². The number of hydrogen-bond acceptors (Lipinski definition) is 4. The predicted octanol–water partition coefficient (Wildman–Crippen LogP) is 3.70. The van der Waals surface area contributed by atoms with Crippen molar-refractivity contribution >= 4 is 45.0 Å². The van der Waals surface area contributed by atoms with Crippen molar-refractivity contribution in [1.82, 2.24) is 0 Å². The molecule has 0 radical (unpaired) electrons. The molecular formula is C10H13BrO2S2. The van der Waals surface area contributed by atoms with Crippen molar-refractivity contribution in [2.75, 3.05) is 7.11 Å². The van der Waals surface area contributed by atoms with Crippen LogP contribution >= 0.6 is 39.0 Å². The maximum atomic E-state index is 11.0. The van der Waals surface area contributed by atoms with Gasteiger partial charge in [0, 0.05) is 11.0 Å². The highest BCUT2D eigenvalue weighted by atomic mass is 79.9. The monoisotopic (exact) mass is 308 g/mol. The van der Waals surface area contributed by atoms with E-state index in [0.717, 1.165) is 9.54 Å². The van der Waals surface area contributed by atoms with Crippen LogP contribution in [-0.4, -0.2) is 18.3 Å². The van der Waals surface area contributed by atoms with Crippen LogP contribution in [0, 0.1) is 0 Å². The van der Waals surface area contributed by atoms with Crippen LogP contribution in [0.15, 0.2) is 15.2 Å². The van der Waals surface area contributed by atoms with Gasteiger partial charge in [0.15, 0.2) is 0 Å². The zero-order chi connectivity index (χ0) is 11.3. The first kappa shape index (κ1) is 13.1. The van der Waals surface area contributed by atoms with E-state index in [-0.39, 0.29) is 5.97 Å². The lowest BCUT2D eigenvalue weighted by atomic mass is 10.3. The summed E-state index contributed by atoms with van der Waals surface area (Å²) in [5.41, 5.74) is 1.30. The van der Waals surface area contributed by atoms with E-state index in [9.17, 15) is 4.79 Å². The van der Waals surface area contributed by atoms with Crippen molar-refractivity contribution in [2.45, 2.75) is 24.3 Å². The molecule has 84 valence electrons. The lowest BCUT2D eigenvalue weighted by Crippen LogP contribution is -2.08. The molecule has 0 fully saturated rings. The fraction of sp³-hybridized carbons (Fsp3) is 0.500. The van der Waals surface area contributed by atoms with Gasteiger partial charge in [-0.25, -0.2) is 0 Å². The van der Waals surface area contributed by atoms with Gasteiger partial charge < -0.3 is 4.74 Å². The Kier molecular flexibility index (Phi) is 5.71. The standard InChI is InChI=1S/C10H13BrO2S2/c1-7(3-10(12)13-2)14-5-8-4-9(11)15-6-8/h4,6-7H,3,5H2,1-2H3. The molecule has 1 unspecified atom stereocenters. The number of esters is 1. The zero-order valence-corrected chi connectivity index (χ0v) is 11.9. The van der Waals surface area contributed by atoms with Crippen LogP contribution < -0.4 is 0 Å². The van der Waals surface area contributed by atoms with Crippen molar-refractivity contribution in [2.24, 2.45) is 0 Å². The van der Waals surface area contributed by atoms with E-state index in [1.807, 2.05) is 6.92 Å². The molecule has 5 heteroatoms. The van der Waals surface area contributed by atoms with Gasteiger partial charge in [-0.1, -0.05) is 6.92 Å². The third kappa shape index (κ3) is 5.04. The molecule has 1 aromatic rings. The molecule has 1 aromatic heterocycles. The van der Waals surface area contributed by atoms with Gasteiger partial charge in [-0.05, 0) is 32.9 Å². The van der Waals surface area contributed by atoms with Crippen molar-refractivity contribution in [1.29, 1.82) is 0 Å². The highest BCUT2D eigenvalue weighted by Crippen LogP contribution is 2.26. The second-order valence-corrected chi connectivity index (χ2v) is 6.88. The number of thioether (sulfide) groups is 1. The van der Waals surface area contributed by atoms with Crippen molar-refractivity contribution in [3.05, 3.63) is 20.8 Å². The molecule has 1 rings (SSSR count). The molecule has 0 amide bonds. The van der Waals surface area contributed by atoms with Gasteiger partial charge in [-0.3, -0.25) is 4.79 Å². The summed E-state index contributed by atoms with van der Waals surface area (Å²) in [5.74, 6) is 0.807. The van der Waals surface area contributed by atoms with Gasteiger partial charge in [0.2, 0.25) is 0 Å². The Balaban J connectivity index is 2.28. The van der Waals surface area contributed by atoms with E-state index in [4.69, 9.17) is 0 Å². The average molecular weight is 309 g/mol. The molecule has 1 atom stereocenters. The summed E-state index contributed by atoms with van der Waals surface area (Å²) in [5, 5.41) is 2.43. The number of carbonyl (C=O) groups excluding carboxylic acids is 1. The van der Waals surface area contributed by atoms with E-state index in [0.29, 0.717) is 11.7 Å². The molecule has 0 saturated carbocycles. The second kappa shape index (κ2) is 6.55. The maximum absolute atomic E-state index is 11.0. The lowest BCUT2D eigenvalue weighted by Gasteiger charge is -2.08. The fourth-order valence-electron chi connectivity index (χ4n) is 1.04. The lowest BCUT2D eigenvalue weighted by molar-refractivity contribution is -0.140. The summed E-state index contributed by atoms with van der Waals surface area (Å²) in [6, 6.07) is 2.11. The van der Waals surface area contributed by atoms with Gasteiger partial charge in [-0.2, -0.15) is 11.8 Å². The Morgan fingerprint density at radius 2 is 2.47 bits per heavy atom. The maximum Gasteiger partial charge on any atom is 0.306 e. The number of hydrogen-bond donors (Lipinski definition) is 0. The SMILES string of the molecule is COC(=O)CC(C)SCc1csc(Br)c1. The quantitative estimate of drug-likeness (QED) is 0.776. The summed E-state index contributed by atoms with van der Waals surface area (Å²) in [6.45, 7) is 2.04. The van der Waals surface area contributed by atoms with E-state index in [1.165, 1.54) is 12.7 Å². The first-order chi connectivity index (χ1) is 7.11. The van der Waals surface area contributed by atoms with E-state index in [2.05, 4.69) is 32.1 Å². The largest absolute Gasteiger partial charge is 0.469 e. The molecule has 0 saturated heterocycles.